The van der Waals surface area contributed by atoms with E-state index in [-0.39, 0.29) is 5.56 Å². The SMILES string of the molecule is Cc1cc(C)c(C(=O)C(C)(N)c2ccccc2)c(F)c1. The zero-order valence-electron chi connectivity index (χ0n) is 11.9. The molecule has 2 aromatic carbocycles. The number of carbonyl (C=O) groups is 1. The topological polar surface area (TPSA) is 43.1 Å². The molecule has 0 radical (unpaired) electrons. The van der Waals surface area contributed by atoms with Gasteiger partial charge in [0.25, 0.3) is 0 Å². The Balaban J connectivity index is 2.52. The van der Waals surface area contributed by atoms with Crippen LogP contribution in [-0.4, -0.2) is 5.78 Å². The maximum atomic E-state index is 14.1. The molecule has 3 heteroatoms. The van der Waals surface area contributed by atoms with Crippen molar-refractivity contribution in [3.63, 3.8) is 0 Å². The molecule has 1 unspecified atom stereocenters. The Morgan fingerprint density at radius 2 is 1.75 bits per heavy atom. The molecule has 0 saturated carbocycles. The molecule has 0 aromatic heterocycles. The summed E-state index contributed by atoms with van der Waals surface area (Å²) in [7, 11) is 0. The third-order valence-electron chi connectivity index (χ3n) is 3.50. The molecule has 0 saturated heterocycles. The highest BCUT2D eigenvalue weighted by Crippen LogP contribution is 2.26. The number of carbonyl (C=O) groups excluding carboxylic acids is 1. The molecule has 2 rings (SSSR count). The van der Waals surface area contributed by atoms with Crippen LogP contribution in [0.2, 0.25) is 0 Å². The Hall–Kier alpha value is -2.00. The minimum Gasteiger partial charge on any atom is -0.315 e. The van der Waals surface area contributed by atoms with Crippen molar-refractivity contribution in [1.82, 2.24) is 0 Å². The number of rotatable bonds is 3. The molecular formula is C17H18FNO. The minimum absolute atomic E-state index is 0.0736. The first-order chi connectivity index (χ1) is 9.34. The molecule has 0 aliphatic rings. The molecule has 2 aromatic rings. The molecule has 2 N–H and O–H groups in total. The number of ketones is 1. The predicted molar refractivity (Wildman–Crippen MR) is 78.2 cm³/mol. The molecular weight excluding hydrogens is 253 g/mol. The molecule has 0 aliphatic carbocycles. The van der Waals surface area contributed by atoms with Crippen molar-refractivity contribution < 1.29 is 9.18 Å². The fraction of sp³-hybridized carbons (Fsp3) is 0.235. The molecule has 0 spiro atoms. The van der Waals surface area contributed by atoms with Gasteiger partial charge in [-0.3, -0.25) is 4.79 Å². The lowest BCUT2D eigenvalue weighted by molar-refractivity contribution is 0.0895. The van der Waals surface area contributed by atoms with Gasteiger partial charge in [0, 0.05) is 0 Å². The molecule has 0 heterocycles. The van der Waals surface area contributed by atoms with E-state index < -0.39 is 17.1 Å². The summed E-state index contributed by atoms with van der Waals surface area (Å²) in [6.07, 6.45) is 0. The predicted octanol–water partition coefficient (Wildman–Crippen LogP) is 3.50. The third kappa shape index (κ3) is 2.49. The molecule has 0 aliphatic heterocycles. The second-order valence-electron chi connectivity index (χ2n) is 5.34. The van der Waals surface area contributed by atoms with Gasteiger partial charge in [-0.1, -0.05) is 36.4 Å². The maximum absolute atomic E-state index is 14.1. The van der Waals surface area contributed by atoms with Crippen molar-refractivity contribution in [2.75, 3.05) is 0 Å². The van der Waals surface area contributed by atoms with E-state index in [0.29, 0.717) is 11.1 Å². The van der Waals surface area contributed by atoms with Crippen molar-refractivity contribution in [1.29, 1.82) is 0 Å². The van der Waals surface area contributed by atoms with Crippen LogP contribution in [0.5, 0.6) is 0 Å². The Bertz CT molecular complexity index is 624. The van der Waals surface area contributed by atoms with Gasteiger partial charge in [0.2, 0.25) is 0 Å². The van der Waals surface area contributed by atoms with Crippen LogP contribution in [0.25, 0.3) is 0 Å². The highest BCUT2D eigenvalue weighted by atomic mass is 19.1. The average molecular weight is 271 g/mol. The third-order valence-corrected chi connectivity index (χ3v) is 3.50. The number of Topliss-reactive ketones (excluding diaryl/α,β-unsaturated/α-hetero) is 1. The summed E-state index contributed by atoms with van der Waals surface area (Å²) in [4.78, 5) is 12.7. The van der Waals surface area contributed by atoms with Crippen molar-refractivity contribution in [3.05, 3.63) is 70.5 Å². The summed E-state index contributed by atoms with van der Waals surface area (Å²) >= 11 is 0. The van der Waals surface area contributed by atoms with Crippen LogP contribution in [0.15, 0.2) is 42.5 Å². The van der Waals surface area contributed by atoms with Gasteiger partial charge in [-0.2, -0.15) is 0 Å². The Labute approximate surface area is 118 Å². The fourth-order valence-corrected chi connectivity index (χ4v) is 2.38. The first kappa shape index (κ1) is 14.4. The first-order valence-electron chi connectivity index (χ1n) is 6.50. The normalized spacial score (nSPS) is 13.8. The van der Waals surface area contributed by atoms with Crippen LogP contribution in [0.4, 0.5) is 4.39 Å². The monoisotopic (exact) mass is 271 g/mol. The molecule has 0 amide bonds. The van der Waals surface area contributed by atoms with E-state index in [9.17, 15) is 9.18 Å². The summed E-state index contributed by atoms with van der Waals surface area (Å²) in [5, 5.41) is 0. The molecule has 1 atom stereocenters. The lowest BCUT2D eigenvalue weighted by atomic mass is 9.83. The van der Waals surface area contributed by atoms with E-state index in [2.05, 4.69) is 0 Å². The quantitative estimate of drug-likeness (QED) is 0.868. The summed E-state index contributed by atoms with van der Waals surface area (Å²) < 4.78 is 14.1. The summed E-state index contributed by atoms with van der Waals surface area (Å²) in [6.45, 7) is 5.14. The zero-order valence-corrected chi connectivity index (χ0v) is 11.9. The molecule has 20 heavy (non-hydrogen) atoms. The van der Waals surface area contributed by atoms with E-state index in [4.69, 9.17) is 5.73 Å². The zero-order chi connectivity index (χ0) is 14.9. The fourth-order valence-electron chi connectivity index (χ4n) is 2.38. The number of nitrogens with two attached hydrogens (primary N) is 1. The highest BCUT2D eigenvalue weighted by molar-refractivity contribution is 6.04. The molecule has 0 bridgehead atoms. The highest BCUT2D eigenvalue weighted by Gasteiger charge is 2.33. The van der Waals surface area contributed by atoms with Crippen LogP contribution in [0.3, 0.4) is 0 Å². The maximum Gasteiger partial charge on any atom is 0.190 e. The van der Waals surface area contributed by atoms with Crippen LogP contribution in [0, 0.1) is 19.7 Å². The standard InChI is InChI=1S/C17H18FNO/c1-11-9-12(2)15(14(18)10-11)16(20)17(3,19)13-7-5-4-6-8-13/h4-10H,19H2,1-3H3. The number of hydrogen-bond donors (Lipinski definition) is 1. The second-order valence-corrected chi connectivity index (χ2v) is 5.34. The van der Waals surface area contributed by atoms with Gasteiger partial charge in [-0.15, -0.1) is 0 Å². The van der Waals surface area contributed by atoms with Crippen molar-refractivity contribution >= 4 is 5.78 Å². The van der Waals surface area contributed by atoms with Crippen molar-refractivity contribution in [2.45, 2.75) is 26.3 Å². The largest absolute Gasteiger partial charge is 0.315 e. The average Bonchev–Trinajstić information content (AvgIpc) is 2.38. The second kappa shape index (κ2) is 5.17. The summed E-state index contributed by atoms with van der Waals surface area (Å²) in [5.41, 5.74) is 7.07. The number of hydrogen-bond acceptors (Lipinski definition) is 2. The lowest BCUT2D eigenvalue weighted by Gasteiger charge is -2.25. The Kier molecular flexibility index (Phi) is 3.73. The van der Waals surface area contributed by atoms with E-state index in [1.165, 1.54) is 6.07 Å². The first-order valence-corrected chi connectivity index (χ1v) is 6.50. The van der Waals surface area contributed by atoms with Gasteiger partial charge in [0.1, 0.15) is 11.4 Å². The van der Waals surface area contributed by atoms with Gasteiger partial charge < -0.3 is 5.73 Å². The Morgan fingerprint density at radius 3 is 2.30 bits per heavy atom. The minimum atomic E-state index is -1.25. The van der Waals surface area contributed by atoms with E-state index in [0.717, 1.165) is 5.56 Å². The van der Waals surface area contributed by atoms with E-state index >= 15 is 0 Å². The number of benzene rings is 2. The van der Waals surface area contributed by atoms with E-state index in [1.54, 1.807) is 39.0 Å². The molecule has 104 valence electrons. The van der Waals surface area contributed by atoms with Crippen LogP contribution < -0.4 is 5.73 Å². The van der Waals surface area contributed by atoms with Crippen LogP contribution in [0.1, 0.15) is 34.0 Å². The smallest absolute Gasteiger partial charge is 0.190 e. The molecule has 2 nitrogen and oxygen atoms in total. The molecule has 0 fully saturated rings. The van der Waals surface area contributed by atoms with Gasteiger partial charge in [-0.05, 0) is 43.5 Å². The number of halogens is 1. The van der Waals surface area contributed by atoms with Gasteiger partial charge in [0.15, 0.2) is 5.78 Å². The van der Waals surface area contributed by atoms with Crippen LogP contribution in [-0.2, 0) is 5.54 Å². The summed E-state index contributed by atoms with van der Waals surface area (Å²) in [6, 6.07) is 12.2. The van der Waals surface area contributed by atoms with Gasteiger partial charge in [0.05, 0.1) is 5.56 Å². The van der Waals surface area contributed by atoms with Crippen molar-refractivity contribution in [3.8, 4) is 0 Å². The van der Waals surface area contributed by atoms with Gasteiger partial charge in [-0.25, -0.2) is 4.39 Å². The van der Waals surface area contributed by atoms with Crippen molar-refractivity contribution in [2.24, 2.45) is 5.73 Å². The lowest BCUT2D eigenvalue weighted by Crippen LogP contribution is -2.42. The summed E-state index contributed by atoms with van der Waals surface area (Å²) in [5.74, 6) is -0.918. The number of aryl methyl sites for hydroxylation is 2. The Morgan fingerprint density at radius 1 is 1.15 bits per heavy atom. The van der Waals surface area contributed by atoms with Crippen LogP contribution >= 0.6 is 0 Å². The van der Waals surface area contributed by atoms with E-state index in [1.807, 2.05) is 18.2 Å². The van der Waals surface area contributed by atoms with Gasteiger partial charge >= 0.3 is 0 Å².